The van der Waals surface area contributed by atoms with Gasteiger partial charge in [0.05, 0.1) is 0 Å². The van der Waals surface area contributed by atoms with Gasteiger partial charge in [-0.05, 0) is 62.4 Å². The van der Waals surface area contributed by atoms with Crippen molar-refractivity contribution in [3.63, 3.8) is 0 Å². The Hall–Kier alpha value is -0.930. The quantitative estimate of drug-likeness (QED) is 0.887. The van der Waals surface area contributed by atoms with Crippen molar-refractivity contribution in [3.8, 4) is 0 Å². The number of hydrogen-bond donors (Lipinski definition) is 1. The van der Waals surface area contributed by atoms with E-state index in [1.165, 1.54) is 5.56 Å². The number of aryl methyl sites for hydroxylation is 1. The van der Waals surface area contributed by atoms with Crippen molar-refractivity contribution < 1.29 is 9.13 Å². The summed E-state index contributed by atoms with van der Waals surface area (Å²) in [5, 5.41) is 3.36. The SMILES string of the molecule is CNC(CC1CCOCC1)c1ccc(F)cc1C. The van der Waals surface area contributed by atoms with Crippen molar-refractivity contribution >= 4 is 0 Å². The van der Waals surface area contributed by atoms with Gasteiger partial charge in [-0.2, -0.15) is 0 Å². The lowest BCUT2D eigenvalue weighted by Crippen LogP contribution is -2.24. The van der Waals surface area contributed by atoms with Gasteiger partial charge in [-0.25, -0.2) is 4.39 Å². The van der Waals surface area contributed by atoms with Gasteiger partial charge in [-0.3, -0.25) is 0 Å². The summed E-state index contributed by atoms with van der Waals surface area (Å²) in [6.07, 6.45) is 3.38. The Labute approximate surface area is 109 Å². The van der Waals surface area contributed by atoms with E-state index < -0.39 is 0 Å². The number of ether oxygens (including phenoxy) is 1. The Morgan fingerprint density at radius 1 is 1.39 bits per heavy atom. The van der Waals surface area contributed by atoms with E-state index in [0.717, 1.165) is 38.0 Å². The lowest BCUT2D eigenvalue weighted by atomic mass is 9.88. The molecule has 1 N–H and O–H groups in total. The fourth-order valence-electron chi connectivity index (χ4n) is 2.75. The van der Waals surface area contributed by atoms with Gasteiger partial charge < -0.3 is 10.1 Å². The van der Waals surface area contributed by atoms with Crippen molar-refractivity contribution in [1.29, 1.82) is 0 Å². The maximum atomic E-state index is 13.1. The topological polar surface area (TPSA) is 21.3 Å². The second-order valence-electron chi connectivity index (χ2n) is 5.13. The third-order valence-corrected chi connectivity index (χ3v) is 3.87. The maximum absolute atomic E-state index is 13.1. The molecule has 2 rings (SSSR count). The van der Waals surface area contributed by atoms with Crippen molar-refractivity contribution in [2.45, 2.75) is 32.2 Å². The molecule has 1 aromatic rings. The normalized spacial score (nSPS) is 18.8. The molecule has 0 amide bonds. The van der Waals surface area contributed by atoms with E-state index in [9.17, 15) is 4.39 Å². The highest BCUT2D eigenvalue weighted by Gasteiger charge is 2.20. The van der Waals surface area contributed by atoms with Crippen LogP contribution < -0.4 is 5.32 Å². The Morgan fingerprint density at radius 3 is 2.72 bits per heavy atom. The van der Waals surface area contributed by atoms with Gasteiger partial charge in [0.2, 0.25) is 0 Å². The molecule has 1 saturated heterocycles. The van der Waals surface area contributed by atoms with Crippen molar-refractivity contribution in [2.24, 2.45) is 5.92 Å². The predicted octanol–water partition coefficient (Wildman–Crippen LogP) is 3.21. The van der Waals surface area contributed by atoms with E-state index in [2.05, 4.69) is 5.32 Å². The van der Waals surface area contributed by atoms with Crippen LogP contribution in [0.3, 0.4) is 0 Å². The summed E-state index contributed by atoms with van der Waals surface area (Å²) in [5.74, 6) is 0.554. The Morgan fingerprint density at radius 2 is 2.11 bits per heavy atom. The highest BCUT2D eigenvalue weighted by molar-refractivity contribution is 5.29. The first-order valence-corrected chi connectivity index (χ1v) is 6.71. The Balaban J connectivity index is 2.07. The van der Waals surface area contributed by atoms with Gasteiger partial charge in [0, 0.05) is 19.3 Å². The molecule has 0 aliphatic carbocycles. The standard InChI is InChI=1S/C15H22FNO/c1-11-9-13(16)3-4-14(11)15(17-2)10-12-5-7-18-8-6-12/h3-4,9,12,15,17H,5-8,10H2,1-2H3. The molecule has 1 unspecified atom stereocenters. The zero-order valence-corrected chi connectivity index (χ0v) is 11.2. The van der Waals surface area contributed by atoms with Crippen LogP contribution in [0.1, 0.15) is 36.4 Å². The minimum absolute atomic E-state index is 0.155. The predicted molar refractivity (Wildman–Crippen MR) is 71.1 cm³/mol. The van der Waals surface area contributed by atoms with Crippen LogP contribution >= 0.6 is 0 Å². The summed E-state index contributed by atoms with van der Waals surface area (Å²) in [6.45, 7) is 3.74. The molecule has 0 spiro atoms. The molecular formula is C15H22FNO. The highest BCUT2D eigenvalue weighted by atomic mass is 19.1. The van der Waals surface area contributed by atoms with Crippen molar-refractivity contribution in [1.82, 2.24) is 5.32 Å². The number of benzene rings is 1. The molecule has 1 atom stereocenters. The molecule has 18 heavy (non-hydrogen) atoms. The molecule has 2 nitrogen and oxygen atoms in total. The van der Waals surface area contributed by atoms with Crippen molar-refractivity contribution in [3.05, 3.63) is 35.1 Å². The summed E-state index contributed by atoms with van der Waals surface area (Å²) in [7, 11) is 1.98. The van der Waals surface area contributed by atoms with Crippen LogP contribution in [0.15, 0.2) is 18.2 Å². The zero-order chi connectivity index (χ0) is 13.0. The van der Waals surface area contributed by atoms with Crippen LogP contribution in [0.4, 0.5) is 4.39 Å². The van der Waals surface area contributed by atoms with Gasteiger partial charge in [0.15, 0.2) is 0 Å². The van der Waals surface area contributed by atoms with Gasteiger partial charge in [-0.1, -0.05) is 6.07 Å². The lowest BCUT2D eigenvalue weighted by molar-refractivity contribution is 0.0608. The summed E-state index contributed by atoms with van der Waals surface area (Å²) in [6, 6.07) is 5.39. The first kappa shape index (κ1) is 13.5. The number of rotatable bonds is 4. The monoisotopic (exact) mass is 251 g/mol. The highest BCUT2D eigenvalue weighted by Crippen LogP contribution is 2.29. The molecule has 0 radical (unpaired) electrons. The van der Waals surface area contributed by atoms with Crippen LogP contribution in [-0.2, 0) is 4.74 Å². The summed E-state index contributed by atoms with van der Waals surface area (Å²) in [4.78, 5) is 0. The molecular weight excluding hydrogens is 229 g/mol. The van der Waals surface area contributed by atoms with E-state index in [1.54, 1.807) is 12.1 Å². The van der Waals surface area contributed by atoms with E-state index in [1.807, 2.05) is 20.0 Å². The average molecular weight is 251 g/mol. The summed E-state index contributed by atoms with van der Waals surface area (Å²) in [5.41, 5.74) is 2.24. The maximum Gasteiger partial charge on any atom is 0.123 e. The van der Waals surface area contributed by atoms with Crippen LogP contribution in [0.2, 0.25) is 0 Å². The molecule has 1 heterocycles. The molecule has 3 heteroatoms. The number of hydrogen-bond acceptors (Lipinski definition) is 2. The third kappa shape index (κ3) is 3.30. The molecule has 0 aromatic heterocycles. The average Bonchev–Trinajstić information content (AvgIpc) is 2.38. The fourth-order valence-corrected chi connectivity index (χ4v) is 2.75. The van der Waals surface area contributed by atoms with Crippen LogP contribution in [-0.4, -0.2) is 20.3 Å². The molecule has 0 bridgehead atoms. The Bertz CT molecular complexity index is 388. The number of nitrogens with one attached hydrogen (secondary N) is 1. The number of halogens is 1. The molecule has 100 valence electrons. The minimum Gasteiger partial charge on any atom is -0.381 e. The minimum atomic E-state index is -0.155. The van der Waals surface area contributed by atoms with Crippen LogP contribution in [0, 0.1) is 18.7 Å². The fraction of sp³-hybridized carbons (Fsp3) is 0.600. The third-order valence-electron chi connectivity index (χ3n) is 3.87. The first-order valence-electron chi connectivity index (χ1n) is 6.71. The zero-order valence-electron chi connectivity index (χ0n) is 11.2. The Kier molecular flexibility index (Phi) is 4.72. The van der Waals surface area contributed by atoms with Gasteiger partial charge in [-0.15, -0.1) is 0 Å². The van der Waals surface area contributed by atoms with Crippen LogP contribution in [0.5, 0.6) is 0 Å². The summed E-state index contributed by atoms with van der Waals surface area (Å²) < 4.78 is 18.5. The molecule has 1 fully saturated rings. The van der Waals surface area contributed by atoms with Crippen LogP contribution in [0.25, 0.3) is 0 Å². The van der Waals surface area contributed by atoms with Gasteiger partial charge >= 0.3 is 0 Å². The first-order chi connectivity index (χ1) is 8.70. The van der Waals surface area contributed by atoms with Gasteiger partial charge in [0.25, 0.3) is 0 Å². The van der Waals surface area contributed by atoms with Gasteiger partial charge in [0.1, 0.15) is 5.82 Å². The smallest absolute Gasteiger partial charge is 0.123 e. The second kappa shape index (κ2) is 6.30. The summed E-state index contributed by atoms with van der Waals surface area (Å²) >= 11 is 0. The second-order valence-corrected chi connectivity index (χ2v) is 5.13. The largest absolute Gasteiger partial charge is 0.381 e. The van der Waals surface area contributed by atoms with E-state index >= 15 is 0 Å². The van der Waals surface area contributed by atoms with Crippen molar-refractivity contribution in [2.75, 3.05) is 20.3 Å². The molecule has 1 aliphatic heterocycles. The molecule has 1 aromatic carbocycles. The molecule has 1 aliphatic rings. The van der Waals surface area contributed by atoms with E-state index in [4.69, 9.17) is 4.74 Å². The van der Waals surface area contributed by atoms with E-state index in [-0.39, 0.29) is 5.82 Å². The lowest BCUT2D eigenvalue weighted by Gasteiger charge is -2.27. The van der Waals surface area contributed by atoms with E-state index in [0.29, 0.717) is 12.0 Å². The molecule has 0 saturated carbocycles.